The second-order valence-corrected chi connectivity index (χ2v) is 8.32. The second kappa shape index (κ2) is 9.93. The van der Waals surface area contributed by atoms with Crippen LogP contribution in [0.3, 0.4) is 0 Å². The molecule has 1 amide bonds. The molecule has 4 rings (SSSR count). The third kappa shape index (κ3) is 5.15. The third-order valence-corrected chi connectivity index (χ3v) is 5.94. The molecule has 164 valence electrons. The Morgan fingerprint density at radius 2 is 2.09 bits per heavy atom. The summed E-state index contributed by atoms with van der Waals surface area (Å²) in [5.41, 5.74) is 1.19. The third-order valence-electron chi connectivity index (χ3n) is 4.73. The number of methoxy groups -OCH3 is 1. The first-order valence-corrected chi connectivity index (χ1v) is 11.1. The lowest BCUT2D eigenvalue weighted by Crippen LogP contribution is -2.27. The lowest BCUT2D eigenvalue weighted by molar-refractivity contribution is -0.118. The van der Waals surface area contributed by atoms with E-state index in [4.69, 9.17) is 20.8 Å². The molecule has 0 aliphatic carbocycles. The molecule has 0 atom stereocenters. The van der Waals surface area contributed by atoms with Crippen LogP contribution >= 0.6 is 23.4 Å². The number of aromatic nitrogens is 2. The van der Waals surface area contributed by atoms with Crippen LogP contribution in [0.1, 0.15) is 11.3 Å². The van der Waals surface area contributed by atoms with Crippen molar-refractivity contribution in [1.82, 2.24) is 14.9 Å². The van der Waals surface area contributed by atoms with E-state index in [0.29, 0.717) is 33.4 Å². The number of ether oxygens (including phenoxy) is 1. The van der Waals surface area contributed by atoms with Crippen LogP contribution in [0.5, 0.6) is 5.75 Å². The highest BCUT2D eigenvalue weighted by Gasteiger charge is 2.15. The molecule has 2 aromatic heterocycles. The molecule has 0 saturated carbocycles. The standard InChI is InChI=1S/C23H20ClN3O4S/c1-30-17-5-2-4-15(10-17)12-25-21(28)14-32-23-26-20-11-16(24)7-8-19(20)22(29)27(23)13-18-6-3-9-31-18/h2-11H,12-14H2,1H3,(H,25,28). The molecule has 0 aliphatic heterocycles. The zero-order valence-corrected chi connectivity index (χ0v) is 18.8. The first kappa shape index (κ1) is 22.0. The minimum absolute atomic E-state index is 0.0979. The topological polar surface area (TPSA) is 86.4 Å². The molecular formula is C23H20ClN3O4S. The number of thioether (sulfide) groups is 1. The molecule has 0 unspecified atom stereocenters. The molecular weight excluding hydrogens is 450 g/mol. The molecule has 0 aliphatic rings. The molecule has 9 heteroatoms. The first-order chi connectivity index (χ1) is 15.5. The number of amides is 1. The maximum absolute atomic E-state index is 13.1. The summed E-state index contributed by atoms with van der Waals surface area (Å²) in [6.07, 6.45) is 1.55. The Labute approximate surface area is 193 Å². The van der Waals surface area contributed by atoms with E-state index >= 15 is 0 Å². The number of carbonyl (C=O) groups excluding carboxylic acids is 1. The van der Waals surface area contributed by atoms with Crippen LogP contribution in [0.25, 0.3) is 10.9 Å². The van der Waals surface area contributed by atoms with Gasteiger partial charge < -0.3 is 14.5 Å². The summed E-state index contributed by atoms with van der Waals surface area (Å²) in [5.74, 6) is 1.27. The van der Waals surface area contributed by atoms with E-state index in [2.05, 4.69) is 10.3 Å². The van der Waals surface area contributed by atoms with Crippen molar-refractivity contribution in [3.05, 3.63) is 87.6 Å². The summed E-state index contributed by atoms with van der Waals surface area (Å²) in [6, 6.07) is 16.0. The van der Waals surface area contributed by atoms with Crippen molar-refractivity contribution in [3.8, 4) is 5.75 Å². The predicted octanol–water partition coefficient (Wildman–Crippen LogP) is 4.11. The number of rotatable bonds is 8. The van der Waals surface area contributed by atoms with Crippen molar-refractivity contribution in [3.63, 3.8) is 0 Å². The van der Waals surface area contributed by atoms with Crippen LogP contribution in [0.4, 0.5) is 0 Å². The van der Waals surface area contributed by atoms with Gasteiger partial charge in [-0.3, -0.25) is 14.2 Å². The van der Waals surface area contributed by atoms with Crippen LogP contribution in [0.2, 0.25) is 5.02 Å². The van der Waals surface area contributed by atoms with Gasteiger partial charge in [-0.25, -0.2) is 4.98 Å². The summed E-state index contributed by atoms with van der Waals surface area (Å²) in [5, 5.41) is 4.23. The van der Waals surface area contributed by atoms with Gasteiger partial charge >= 0.3 is 0 Å². The summed E-state index contributed by atoms with van der Waals surface area (Å²) in [6.45, 7) is 0.585. The molecule has 0 fully saturated rings. The molecule has 7 nitrogen and oxygen atoms in total. The Kier molecular flexibility index (Phi) is 6.82. The van der Waals surface area contributed by atoms with Gasteiger partial charge in [-0.2, -0.15) is 0 Å². The predicted molar refractivity (Wildman–Crippen MR) is 124 cm³/mol. The van der Waals surface area contributed by atoms with Crippen LogP contribution in [0.15, 0.2) is 75.2 Å². The van der Waals surface area contributed by atoms with Gasteiger partial charge in [0.15, 0.2) is 5.16 Å². The highest BCUT2D eigenvalue weighted by Crippen LogP contribution is 2.21. The number of carbonyl (C=O) groups is 1. The lowest BCUT2D eigenvalue weighted by atomic mass is 10.2. The van der Waals surface area contributed by atoms with Crippen molar-refractivity contribution >= 4 is 40.2 Å². The largest absolute Gasteiger partial charge is 0.497 e. The Balaban J connectivity index is 1.52. The van der Waals surface area contributed by atoms with E-state index in [9.17, 15) is 9.59 Å². The van der Waals surface area contributed by atoms with Gasteiger partial charge in [0.2, 0.25) is 5.91 Å². The van der Waals surface area contributed by atoms with Crippen LogP contribution < -0.4 is 15.6 Å². The Bertz CT molecular complexity index is 1300. The monoisotopic (exact) mass is 469 g/mol. The van der Waals surface area contributed by atoms with E-state index in [0.717, 1.165) is 11.3 Å². The fraction of sp³-hybridized carbons (Fsp3) is 0.174. The normalized spacial score (nSPS) is 10.9. The number of nitrogens with zero attached hydrogens (tertiary/aromatic N) is 2. The second-order valence-electron chi connectivity index (χ2n) is 6.94. The minimum atomic E-state index is -0.220. The summed E-state index contributed by atoms with van der Waals surface area (Å²) in [7, 11) is 1.60. The van der Waals surface area contributed by atoms with Crippen LogP contribution in [-0.4, -0.2) is 28.3 Å². The van der Waals surface area contributed by atoms with Gasteiger partial charge in [0.1, 0.15) is 11.5 Å². The molecule has 2 aromatic carbocycles. The SMILES string of the molecule is COc1cccc(CNC(=O)CSc2nc3cc(Cl)ccc3c(=O)n2Cc2ccco2)c1. The fourth-order valence-corrected chi connectivity index (χ4v) is 4.14. The maximum atomic E-state index is 13.1. The van der Waals surface area contributed by atoms with Gasteiger partial charge in [0.05, 0.1) is 36.6 Å². The van der Waals surface area contributed by atoms with Gasteiger partial charge in [-0.15, -0.1) is 0 Å². The van der Waals surface area contributed by atoms with E-state index in [1.165, 1.54) is 16.3 Å². The van der Waals surface area contributed by atoms with E-state index in [1.54, 1.807) is 43.7 Å². The number of fused-ring (bicyclic) bond motifs is 1. The van der Waals surface area contributed by atoms with Crippen molar-refractivity contribution in [1.29, 1.82) is 0 Å². The maximum Gasteiger partial charge on any atom is 0.262 e. The number of hydrogen-bond donors (Lipinski definition) is 1. The van der Waals surface area contributed by atoms with E-state index in [-0.39, 0.29) is 23.8 Å². The summed E-state index contributed by atoms with van der Waals surface area (Å²) < 4.78 is 12.1. The average Bonchev–Trinajstić information content (AvgIpc) is 3.31. The Morgan fingerprint density at radius 1 is 1.22 bits per heavy atom. The van der Waals surface area contributed by atoms with Crippen molar-refractivity contribution in [2.45, 2.75) is 18.2 Å². The van der Waals surface area contributed by atoms with E-state index in [1.807, 2.05) is 24.3 Å². The number of benzene rings is 2. The van der Waals surface area contributed by atoms with Gasteiger partial charge in [-0.05, 0) is 48.0 Å². The number of nitrogens with one attached hydrogen (secondary N) is 1. The summed E-state index contributed by atoms with van der Waals surface area (Å²) >= 11 is 7.27. The molecule has 2 heterocycles. The van der Waals surface area contributed by atoms with Gasteiger partial charge in [0.25, 0.3) is 5.56 Å². The zero-order valence-electron chi connectivity index (χ0n) is 17.2. The molecule has 0 radical (unpaired) electrons. The smallest absolute Gasteiger partial charge is 0.262 e. The van der Waals surface area contributed by atoms with E-state index < -0.39 is 0 Å². The molecule has 1 N–H and O–H groups in total. The number of hydrogen-bond acceptors (Lipinski definition) is 6. The number of furan rings is 1. The van der Waals surface area contributed by atoms with Crippen LogP contribution in [-0.2, 0) is 17.9 Å². The first-order valence-electron chi connectivity index (χ1n) is 9.78. The average molecular weight is 470 g/mol. The number of halogens is 1. The quantitative estimate of drug-likeness (QED) is 0.309. The molecule has 0 spiro atoms. The van der Waals surface area contributed by atoms with Crippen molar-refractivity contribution < 1.29 is 13.9 Å². The zero-order chi connectivity index (χ0) is 22.5. The molecule has 0 bridgehead atoms. The molecule has 0 saturated heterocycles. The van der Waals surface area contributed by atoms with Crippen molar-refractivity contribution in [2.24, 2.45) is 0 Å². The lowest BCUT2D eigenvalue weighted by Gasteiger charge is -2.12. The molecule has 4 aromatic rings. The summed E-state index contributed by atoms with van der Waals surface area (Å²) in [4.78, 5) is 30.2. The molecule has 32 heavy (non-hydrogen) atoms. The van der Waals surface area contributed by atoms with Gasteiger partial charge in [0, 0.05) is 11.6 Å². The van der Waals surface area contributed by atoms with Crippen molar-refractivity contribution in [2.75, 3.05) is 12.9 Å². The highest BCUT2D eigenvalue weighted by molar-refractivity contribution is 7.99. The Hall–Kier alpha value is -3.23. The van der Waals surface area contributed by atoms with Gasteiger partial charge in [-0.1, -0.05) is 35.5 Å². The highest BCUT2D eigenvalue weighted by atomic mass is 35.5. The van der Waals surface area contributed by atoms with Crippen LogP contribution in [0, 0.1) is 0 Å². The minimum Gasteiger partial charge on any atom is -0.497 e. The fourth-order valence-electron chi connectivity index (χ4n) is 3.15. The Morgan fingerprint density at radius 3 is 2.88 bits per heavy atom.